The van der Waals surface area contributed by atoms with Crippen molar-refractivity contribution in [2.24, 2.45) is 0 Å². The molecule has 0 heterocycles. The van der Waals surface area contributed by atoms with Gasteiger partial charge in [0.2, 0.25) is 11.8 Å². The number of halogens is 1. The normalized spacial score (nSPS) is 12.7. The van der Waals surface area contributed by atoms with E-state index in [0.29, 0.717) is 12.0 Å². The number of benzene rings is 1. The van der Waals surface area contributed by atoms with Crippen molar-refractivity contribution in [3.63, 3.8) is 0 Å². The van der Waals surface area contributed by atoms with Crippen LogP contribution in [-0.2, 0) is 25.5 Å². The zero-order valence-corrected chi connectivity index (χ0v) is 17.6. The van der Waals surface area contributed by atoms with Crippen LogP contribution in [0.3, 0.4) is 0 Å². The van der Waals surface area contributed by atoms with Gasteiger partial charge in [0.25, 0.3) is 0 Å². The number of unbranched alkanes of at least 4 members (excludes halogenated alkanes) is 5. The summed E-state index contributed by atoms with van der Waals surface area (Å²) in [5, 5.41) is 5.30. The highest BCUT2D eigenvalue weighted by molar-refractivity contribution is 5.90. The van der Waals surface area contributed by atoms with Crippen LogP contribution < -0.4 is 10.6 Å². The van der Waals surface area contributed by atoms with E-state index in [2.05, 4.69) is 17.6 Å². The molecule has 0 spiro atoms. The summed E-state index contributed by atoms with van der Waals surface area (Å²) in [7, 11) is 1.28. The largest absolute Gasteiger partial charge is 0.467 e. The summed E-state index contributed by atoms with van der Waals surface area (Å²) in [5.41, 5.74) is 0.700. The van der Waals surface area contributed by atoms with Crippen LogP contribution >= 0.6 is 0 Å². The minimum atomic E-state index is -0.866. The summed E-state index contributed by atoms with van der Waals surface area (Å²) >= 11 is 0. The van der Waals surface area contributed by atoms with Gasteiger partial charge in [-0.2, -0.15) is 0 Å². The fourth-order valence-electron chi connectivity index (χ4n) is 3.10. The molecule has 2 atom stereocenters. The highest BCUT2D eigenvalue weighted by Gasteiger charge is 2.26. The third-order valence-corrected chi connectivity index (χ3v) is 4.70. The summed E-state index contributed by atoms with van der Waals surface area (Å²) in [4.78, 5) is 36.4. The van der Waals surface area contributed by atoms with E-state index >= 15 is 0 Å². The van der Waals surface area contributed by atoms with Gasteiger partial charge in [-0.15, -0.1) is 0 Å². The Hall–Kier alpha value is -2.44. The minimum absolute atomic E-state index is 0.191. The molecule has 29 heavy (non-hydrogen) atoms. The Balaban J connectivity index is 2.70. The molecule has 0 aliphatic rings. The first-order chi connectivity index (χ1) is 13.9. The van der Waals surface area contributed by atoms with E-state index in [9.17, 15) is 18.8 Å². The van der Waals surface area contributed by atoms with E-state index in [-0.39, 0.29) is 18.1 Å². The van der Waals surface area contributed by atoms with Crippen LogP contribution in [0.15, 0.2) is 24.3 Å². The van der Waals surface area contributed by atoms with Gasteiger partial charge in [0.15, 0.2) is 0 Å². The topological polar surface area (TPSA) is 84.5 Å². The van der Waals surface area contributed by atoms with Crippen LogP contribution in [0.4, 0.5) is 4.39 Å². The van der Waals surface area contributed by atoms with Crippen molar-refractivity contribution in [1.82, 2.24) is 10.6 Å². The van der Waals surface area contributed by atoms with Crippen molar-refractivity contribution in [2.45, 2.75) is 77.3 Å². The van der Waals surface area contributed by atoms with Gasteiger partial charge >= 0.3 is 5.97 Å². The van der Waals surface area contributed by atoms with Crippen molar-refractivity contribution in [1.29, 1.82) is 0 Å². The van der Waals surface area contributed by atoms with Crippen LogP contribution in [-0.4, -0.2) is 37.0 Å². The fourth-order valence-corrected chi connectivity index (χ4v) is 3.10. The fraction of sp³-hybridized carbons (Fsp3) is 0.591. The van der Waals surface area contributed by atoms with E-state index in [1.807, 2.05) is 0 Å². The second kappa shape index (κ2) is 13.7. The van der Waals surface area contributed by atoms with E-state index in [0.717, 1.165) is 25.7 Å². The molecular formula is C22H33FN2O4. The van der Waals surface area contributed by atoms with Crippen molar-refractivity contribution in [3.8, 4) is 0 Å². The van der Waals surface area contributed by atoms with Crippen molar-refractivity contribution < 1.29 is 23.5 Å². The summed E-state index contributed by atoms with van der Waals surface area (Å²) < 4.78 is 17.9. The van der Waals surface area contributed by atoms with Crippen molar-refractivity contribution in [2.75, 3.05) is 7.11 Å². The molecule has 0 unspecified atom stereocenters. The SMILES string of the molecule is CCCCCCCC[C@@H](NC(=O)[C@H](Cc1ccc(F)cc1)NC(C)=O)C(=O)OC. The second-order valence-electron chi connectivity index (χ2n) is 7.22. The second-order valence-corrected chi connectivity index (χ2v) is 7.22. The maximum Gasteiger partial charge on any atom is 0.328 e. The molecular weight excluding hydrogens is 375 g/mol. The first-order valence-electron chi connectivity index (χ1n) is 10.3. The standard InChI is InChI=1S/C22H33FN2O4/c1-4-5-6-7-8-9-10-19(22(28)29-3)25-21(27)20(24-16(2)26)15-17-11-13-18(23)14-12-17/h11-14,19-20H,4-10,15H2,1-3H3,(H,24,26)(H,25,27)/t19-,20+/m1/s1. The van der Waals surface area contributed by atoms with Crippen LogP contribution in [0.5, 0.6) is 0 Å². The molecule has 162 valence electrons. The van der Waals surface area contributed by atoms with Crippen LogP contribution in [0, 0.1) is 5.82 Å². The molecule has 7 heteroatoms. The quantitative estimate of drug-likeness (QED) is 0.387. The van der Waals surface area contributed by atoms with Gasteiger partial charge in [0.1, 0.15) is 17.9 Å². The Morgan fingerprint density at radius 3 is 2.17 bits per heavy atom. The molecule has 2 N–H and O–H groups in total. The number of carbonyl (C=O) groups is 3. The van der Waals surface area contributed by atoms with Gasteiger partial charge in [-0.3, -0.25) is 9.59 Å². The molecule has 1 aromatic rings. The Labute approximate surface area is 172 Å². The zero-order chi connectivity index (χ0) is 21.6. The summed E-state index contributed by atoms with van der Waals surface area (Å²) in [6, 6.07) is 4.09. The molecule has 0 aliphatic heterocycles. The van der Waals surface area contributed by atoms with Crippen LogP contribution in [0.2, 0.25) is 0 Å². The Bertz CT molecular complexity index is 649. The van der Waals surface area contributed by atoms with E-state index in [1.54, 1.807) is 12.1 Å². The molecule has 0 aliphatic carbocycles. The number of rotatable bonds is 13. The zero-order valence-electron chi connectivity index (χ0n) is 17.6. The van der Waals surface area contributed by atoms with E-state index < -0.39 is 24.0 Å². The molecule has 0 saturated heterocycles. The lowest BCUT2D eigenvalue weighted by Crippen LogP contribution is -2.52. The van der Waals surface area contributed by atoms with Gasteiger partial charge in [0, 0.05) is 13.3 Å². The molecule has 0 aromatic heterocycles. The molecule has 0 saturated carbocycles. The Kier molecular flexibility index (Phi) is 11.6. The van der Waals surface area contributed by atoms with Crippen molar-refractivity contribution >= 4 is 17.8 Å². The average molecular weight is 409 g/mol. The lowest BCUT2D eigenvalue weighted by molar-refractivity contribution is -0.145. The molecule has 6 nitrogen and oxygen atoms in total. The number of amides is 2. The summed E-state index contributed by atoms with van der Waals surface area (Å²) in [6.07, 6.45) is 7.06. The van der Waals surface area contributed by atoms with Crippen molar-refractivity contribution in [3.05, 3.63) is 35.6 Å². The maximum atomic E-state index is 13.1. The molecule has 0 bridgehead atoms. The smallest absolute Gasteiger partial charge is 0.328 e. The molecule has 0 radical (unpaired) electrons. The Morgan fingerprint density at radius 1 is 0.966 bits per heavy atom. The minimum Gasteiger partial charge on any atom is -0.467 e. The van der Waals surface area contributed by atoms with Gasteiger partial charge in [-0.1, -0.05) is 57.6 Å². The number of hydrogen-bond donors (Lipinski definition) is 2. The number of ether oxygens (including phenoxy) is 1. The third kappa shape index (κ3) is 10.1. The van der Waals surface area contributed by atoms with E-state index in [1.165, 1.54) is 39.0 Å². The lowest BCUT2D eigenvalue weighted by Gasteiger charge is -2.22. The maximum absolute atomic E-state index is 13.1. The lowest BCUT2D eigenvalue weighted by atomic mass is 10.0. The molecule has 1 rings (SSSR count). The average Bonchev–Trinajstić information content (AvgIpc) is 2.69. The number of esters is 1. The Morgan fingerprint density at radius 2 is 1.59 bits per heavy atom. The van der Waals surface area contributed by atoms with Crippen LogP contribution in [0.25, 0.3) is 0 Å². The van der Waals surface area contributed by atoms with Gasteiger partial charge < -0.3 is 15.4 Å². The van der Waals surface area contributed by atoms with Crippen LogP contribution in [0.1, 0.15) is 64.4 Å². The van der Waals surface area contributed by atoms with Gasteiger partial charge in [-0.25, -0.2) is 9.18 Å². The third-order valence-electron chi connectivity index (χ3n) is 4.70. The number of hydrogen-bond acceptors (Lipinski definition) is 4. The summed E-state index contributed by atoms with van der Waals surface area (Å²) in [5.74, 6) is -1.71. The highest BCUT2D eigenvalue weighted by Crippen LogP contribution is 2.11. The number of carbonyl (C=O) groups excluding carboxylic acids is 3. The number of nitrogens with one attached hydrogen (secondary N) is 2. The van der Waals surface area contributed by atoms with Gasteiger partial charge in [0.05, 0.1) is 7.11 Å². The molecule has 1 aromatic carbocycles. The first kappa shape index (κ1) is 24.6. The summed E-state index contributed by atoms with van der Waals surface area (Å²) in [6.45, 7) is 3.47. The first-order valence-corrected chi connectivity index (χ1v) is 10.3. The van der Waals surface area contributed by atoms with Gasteiger partial charge in [-0.05, 0) is 24.1 Å². The number of methoxy groups -OCH3 is 1. The highest BCUT2D eigenvalue weighted by atomic mass is 19.1. The predicted molar refractivity (Wildman–Crippen MR) is 110 cm³/mol. The molecule has 2 amide bonds. The monoisotopic (exact) mass is 408 g/mol. The molecule has 0 fully saturated rings. The van der Waals surface area contributed by atoms with E-state index in [4.69, 9.17) is 4.74 Å². The predicted octanol–water partition coefficient (Wildman–Crippen LogP) is 3.28.